The van der Waals surface area contributed by atoms with Crippen LogP contribution in [0.4, 0.5) is 0 Å². The third-order valence-electron chi connectivity index (χ3n) is 3.79. The van der Waals surface area contributed by atoms with Crippen molar-refractivity contribution in [2.45, 2.75) is 39.8 Å². The molecule has 0 aliphatic rings. The minimum atomic E-state index is -0.436. The standard InChI is InChI=1S/C19H25N3O2.2ClH/c1-13-8-16(18(23)22-19(3,4)12-20)9-14(2)17(13)24-11-15-6-5-7-21-10-15;;/h5-10H,11-12,20H2,1-4H3,(H,22,23);2*1H. The Labute approximate surface area is 167 Å². The SMILES string of the molecule is Cc1cc(C(=O)NC(C)(C)CN)cc(C)c1OCc1cccnc1.Cl.Cl. The van der Waals surface area contributed by atoms with E-state index in [4.69, 9.17) is 10.5 Å². The number of halogens is 2. The Hall–Kier alpha value is -1.82. The van der Waals surface area contributed by atoms with Crippen molar-refractivity contribution >= 4 is 30.7 Å². The molecule has 0 aliphatic carbocycles. The van der Waals surface area contributed by atoms with Gasteiger partial charge >= 0.3 is 0 Å². The van der Waals surface area contributed by atoms with Gasteiger partial charge in [0.1, 0.15) is 12.4 Å². The highest BCUT2D eigenvalue weighted by Crippen LogP contribution is 2.26. The van der Waals surface area contributed by atoms with Crippen LogP contribution in [0.2, 0.25) is 0 Å². The van der Waals surface area contributed by atoms with Gasteiger partial charge in [0.25, 0.3) is 5.91 Å². The fourth-order valence-electron chi connectivity index (χ4n) is 2.38. The van der Waals surface area contributed by atoms with E-state index in [0.29, 0.717) is 18.7 Å². The van der Waals surface area contributed by atoms with Gasteiger partial charge in [-0.15, -0.1) is 24.8 Å². The monoisotopic (exact) mass is 399 g/mol. The smallest absolute Gasteiger partial charge is 0.251 e. The fraction of sp³-hybridized carbons (Fsp3) is 0.368. The molecule has 1 amide bonds. The van der Waals surface area contributed by atoms with Crippen LogP contribution in [-0.2, 0) is 6.61 Å². The highest BCUT2D eigenvalue weighted by molar-refractivity contribution is 5.95. The predicted octanol–water partition coefficient (Wildman–Crippen LogP) is 3.59. The molecule has 2 rings (SSSR count). The third kappa shape index (κ3) is 6.48. The molecule has 0 unspecified atom stereocenters. The number of nitrogens with one attached hydrogen (secondary N) is 1. The minimum absolute atomic E-state index is 0. The first kappa shape index (κ1) is 24.2. The van der Waals surface area contributed by atoms with E-state index in [-0.39, 0.29) is 30.7 Å². The van der Waals surface area contributed by atoms with Gasteiger partial charge in [0, 0.05) is 35.6 Å². The van der Waals surface area contributed by atoms with Gasteiger partial charge in [-0.3, -0.25) is 9.78 Å². The number of nitrogens with zero attached hydrogens (tertiary/aromatic N) is 1. The third-order valence-corrected chi connectivity index (χ3v) is 3.79. The van der Waals surface area contributed by atoms with Crippen LogP contribution < -0.4 is 15.8 Å². The van der Waals surface area contributed by atoms with Crippen LogP contribution in [0, 0.1) is 13.8 Å². The Kier molecular flexibility index (Phi) is 9.63. The normalized spacial score (nSPS) is 10.3. The molecule has 0 bridgehead atoms. The topological polar surface area (TPSA) is 77.2 Å². The lowest BCUT2D eigenvalue weighted by Crippen LogP contribution is -2.48. The van der Waals surface area contributed by atoms with Gasteiger partial charge in [-0.2, -0.15) is 0 Å². The molecule has 0 atom stereocenters. The number of aromatic nitrogens is 1. The molecule has 5 nitrogen and oxygen atoms in total. The summed E-state index contributed by atoms with van der Waals surface area (Å²) >= 11 is 0. The summed E-state index contributed by atoms with van der Waals surface area (Å²) in [5, 5.41) is 2.94. The van der Waals surface area contributed by atoms with E-state index in [1.54, 1.807) is 12.4 Å². The molecule has 1 aromatic heterocycles. The maximum absolute atomic E-state index is 12.4. The van der Waals surface area contributed by atoms with Crippen LogP contribution in [0.15, 0.2) is 36.7 Å². The highest BCUT2D eigenvalue weighted by atomic mass is 35.5. The summed E-state index contributed by atoms with van der Waals surface area (Å²) in [6.45, 7) is 8.50. The van der Waals surface area contributed by atoms with Crippen LogP contribution in [0.3, 0.4) is 0 Å². The molecule has 0 saturated carbocycles. The van der Waals surface area contributed by atoms with E-state index in [1.807, 2.05) is 52.0 Å². The molecule has 2 aromatic rings. The molecule has 0 radical (unpaired) electrons. The number of carbonyl (C=O) groups excluding carboxylic acids is 1. The van der Waals surface area contributed by atoms with Gasteiger partial charge in [0.05, 0.1) is 0 Å². The Morgan fingerprint density at radius 1 is 1.23 bits per heavy atom. The molecule has 0 fully saturated rings. The Morgan fingerprint density at radius 3 is 2.35 bits per heavy atom. The zero-order valence-electron chi connectivity index (χ0n) is 15.5. The van der Waals surface area contributed by atoms with Crippen LogP contribution in [0.5, 0.6) is 5.75 Å². The molecule has 3 N–H and O–H groups in total. The van der Waals surface area contributed by atoms with E-state index >= 15 is 0 Å². The predicted molar refractivity (Wildman–Crippen MR) is 110 cm³/mol. The number of nitrogens with two attached hydrogens (primary N) is 1. The number of ether oxygens (including phenoxy) is 1. The van der Waals surface area contributed by atoms with Crippen LogP contribution in [0.1, 0.15) is 40.9 Å². The molecule has 0 saturated heterocycles. The van der Waals surface area contributed by atoms with E-state index in [2.05, 4.69) is 10.3 Å². The van der Waals surface area contributed by atoms with Gasteiger partial charge in [0.15, 0.2) is 0 Å². The molecular weight excluding hydrogens is 373 g/mol. The quantitative estimate of drug-likeness (QED) is 0.777. The Balaban J connectivity index is 0.00000312. The summed E-state index contributed by atoms with van der Waals surface area (Å²) in [6.07, 6.45) is 3.51. The van der Waals surface area contributed by atoms with E-state index in [1.165, 1.54) is 0 Å². The van der Waals surface area contributed by atoms with Crippen molar-refractivity contribution in [1.29, 1.82) is 0 Å². The number of rotatable bonds is 6. The van der Waals surface area contributed by atoms with E-state index in [0.717, 1.165) is 22.4 Å². The second kappa shape index (κ2) is 10.4. The van der Waals surface area contributed by atoms with Crippen LogP contribution in [0.25, 0.3) is 0 Å². The maximum atomic E-state index is 12.4. The summed E-state index contributed by atoms with van der Waals surface area (Å²) in [6, 6.07) is 7.53. The molecule has 1 aromatic carbocycles. The maximum Gasteiger partial charge on any atom is 0.251 e. The molecule has 0 aliphatic heterocycles. The summed E-state index contributed by atoms with van der Waals surface area (Å²) < 4.78 is 5.92. The van der Waals surface area contributed by atoms with Gasteiger partial charge in [-0.1, -0.05) is 6.07 Å². The summed E-state index contributed by atoms with van der Waals surface area (Å²) in [4.78, 5) is 16.5. The van der Waals surface area contributed by atoms with Gasteiger partial charge in [-0.05, 0) is 57.0 Å². The number of amides is 1. The molecule has 144 valence electrons. The first-order valence-corrected chi connectivity index (χ1v) is 7.98. The summed E-state index contributed by atoms with van der Waals surface area (Å²) in [5.74, 6) is 0.670. The molecular formula is C19H27Cl2N3O2. The van der Waals surface area contributed by atoms with E-state index < -0.39 is 5.54 Å². The second-order valence-electron chi connectivity index (χ2n) is 6.63. The van der Waals surface area contributed by atoms with Crippen molar-refractivity contribution in [2.24, 2.45) is 5.73 Å². The van der Waals surface area contributed by atoms with Gasteiger partial charge < -0.3 is 15.8 Å². The molecule has 1 heterocycles. The van der Waals surface area contributed by atoms with Crippen LogP contribution >= 0.6 is 24.8 Å². The Morgan fingerprint density at radius 2 is 1.85 bits per heavy atom. The largest absolute Gasteiger partial charge is 0.488 e. The summed E-state index contributed by atoms with van der Waals surface area (Å²) in [7, 11) is 0. The fourth-order valence-corrected chi connectivity index (χ4v) is 2.38. The van der Waals surface area contributed by atoms with Crippen molar-refractivity contribution in [1.82, 2.24) is 10.3 Å². The summed E-state index contributed by atoms with van der Waals surface area (Å²) in [5.41, 5.74) is 8.70. The number of benzene rings is 1. The van der Waals surface area contributed by atoms with Crippen molar-refractivity contribution in [3.8, 4) is 5.75 Å². The lowest BCUT2D eigenvalue weighted by molar-refractivity contribution is 0.0915. The molecule has 7 heteroatoms. The zero-order valence-corrected chi connectivity index (χ0v) is 17.2. The van der Waals surface area contributed by atoms with Gasteiger partial charge in [0.2, 0.25) is 0 Å². The first-order valence-electron chi connectivity index (χ1n) is 7.98. The van der Waals surface area contributed by atoms with E-state index in [9.17, 15) is 4.79 Å². The van der Waals surface area contributed by atoms with Crippen molar-refractivity contribution in [3.63, 3.8) is 0 Å². The highest BCUT2D eigenvalue weighted by Gasteiger charge is 2.20. The molecule has 0 spiro atoms. The van der Waals surface area contributed by atoms with Crippen LogP contribution in [-0.4, -0.2) is 23.0 Å². The Bertz CT molecular complexity index is 699. The lowest BCUT2D eigenvalue weighted by atomic mass is 10.0. The molecule has 26 heavy (non-hydrogen) atoms. The minimum Gasteiger partial charge on any atom is -0.488 e. The van der Waals surface area contributed by atoms with Crippen molar-refractivity contribution < 1.29 is 9.53 Å². The number of aryl methyl sites for hydroxylation is 2. The number of hydrogen-bond donors (Lipinski definition) is 2. The lowest BCUT2D eigenvalue weighted by Gasteiger charge is -2.24. The van der Waals surface area contributed by atoms with Crippen molar-refractivity contribution in [2.75, 3.05) is 6.54 Å². The zero-order chi connectivity index (χ0) is 17.7. The second-order valence-corrected chi connectivity index (χ2v) is 6.63. The number of carbonyl (C=O) groups is 1. The van der Waals surface area contributed by atoms with Crippen molar-refractivity contribution in [3.05, 3.63) is 58.9 Å². The first-order chi connectivity index (χ1) is 11.3. The van der Waals surface area contributed by atoms with Gasteiger partial charge in [-0.25, -0.2) is 0 Å². The number of pyridine rings is 1. The number of hydrogen-bond acceptors (Lipinski definition) is 4. The average Bonchev–Trinajstić information content (AvgIpc) is 2.54. The average molecular weight is 400 g/mol.